The van der Waals surface area contributed by atoms with E-state index >= 15 is 0 Å². The molecule has 3 rings (SSSR count). The molecule has 0 spiro atoms. The van der Waals surface area contributed by atoms with E-state index in [0.29, 0.717) is 5.91 Å². The number of ether oxygens (including phenoxy) is 2. The first-order chi connectivity index (χ1) is 14.3. The Morgan fingerprint density at radius 1 is 1.17 bits per heavy atom. The van der Waals surface area contributed by atoms with E-state index in [2.05, 4.69) is 11.0 Å². The highest BCUT2D eigenvalue weighted by Crippen LogP contribution is 2.24. The standard InChI is InChI=1S/C19H28N2O3.C2H2O4/c1-23-17-8-7-15(18(12-17)24-2)13-20-9-5-6-16(14-20)19(22)21-10-3-4-11-21;3-1(4)2(5)6/h7-8,12,16H,3-6,9-11,13-14H2,1-2H3;(H,3,4)(H,5,6). The first-order valence-corrected chi connectivity index (χ1v) is 10.1. The van der Waals surface area contributed by atoms with E-state index in [4.69, 9.17) is 29.3 Å². The second-order valence-electron chi connectivity index (χ2n) is 7.52. The smallest absolute Gasteiger partial charge is 0.351 e. The SMILES string of the molecule is COc1ccc(C[NH+]2CCCC(C(=O)N3CCCC3)C2)c(OC)c1.O=C([O-])C(=O)O. The van der Waals surface area contributed by atoms with Crippen LogP contribution in [0.25, 0.3) is 0 Å². The van der Waals surface area contributed by atoms with Crippen LogP contribution in [0.5, 0.6) is 11.5 Å². The van der Waals surface area contributed by atoms with Gasteiger partial charge in [-0.25, -0.2) is 4.79 Å². The Hall–Kier alpha value is -2.81. The number of amides is 1. The molecule has 2 N–H and O–H groups in total. The van der Waals surface area contributed by atoms with E-state index in [-0.39, 0.29) is 5.92 Å². The normalized spacial score (nSPS) is 20.7. The largest absolute Gasteiger partial charge is 0.539 e. The zero-order valence-corrected chi connectivity index (χ0v) is 17.5. The zero-order valence-electron chi connectivity index (χ0n) is 17.5. The van der Waals surface area contributed by atoms with Gasteiger partial charge in [0.05, 0.1) is 33.2 Å². The molecular weight excluding hydrogens is 392 g/mol. The van der Waals surface area contributed by atoms with Gasteiger partial charge in [-0.1, -0.05) is 0 Å². The lowest BCUT2D eigenvalue weighted by molar-refractivity contribution is -0.921. The molecule has 0 aliphatic carbocycles. The highest BCUT2D eigenvalue weighted by molar-refractivity contribution is 6.26. The molecule has 1 aromatic carbocycles. The van der Waals surface area contributed by atoms with Crippen molar-refractivity contribution < 1.29 is 39.0 Å². The van der Waals surface area contributed by atoms with E-state index in [1.165, 1.54) is 10.5 Å². The number of rotatable bonds is 5. The molecule has 1 aromatic rings. The van der Waals surface area contributed by atoms with E-state index < -0.39 is 11.9 Å². The van der Waals surface area contributed by atoms with Crippen molar-refractivity contribution in [2.24, 2.45) is 5.92 Å². The topological polar surface area (TPSA) is 121 Å². The van der Waals surface area contributed by atoms with Crippen molar-refractivity contribution in [3.63, 3.8) is 0 Å². The van der Waals surface area contributed by atoms with Gasteiger partial charge in [0, 0.05) is 24.7 Å². The number of benzene rings is 1. The molecule has 2 heterocycles. The summed E-state index contributed by atoms with van der Waals surface area (Å²) in [7, 11) is 3.36. The van der Waals surface area contributed by atoms with Gasteiger partial charge in [-0.3, -0.25) is 4.79 Å². The fraction of sp³-hybridized carbons (Fsp3) is 0.571. The number of carbonyl (C=O) groups excluding carboxylic acids is 2. The zero-order chi connectivity index (χ0) is 22.1. The molecule has 2 fully saturated rings. The van der Waals surface area contributed by atoms with E-state index in [1.807, 2.05) is 12.1 Å². The van der Waals surface area contributed by atoms with Crippen molar-refractivity contribution in [1.29, 1.82) is 0 Å². The molecule has 2 aliphatic heterocycles. The van der Waals surface area contributed by atoms with Crippen molar-refractivity contribution in [1.82, 2.24) is 4.90 Å². The van der Waals surface area contributed by atoms with Gasteiger partial charge in [-0.15, -0.1) is 0 Å². The van der Waals surface area contributed by atoms with Crippen LogP contribution in [0.15, 0.2) is 18.2 Å². The third-order valence-electron chi connectivity index (χ3n) is 5.49. The van der Waals surface area contributed by atoms with Crippen LogP contribution in [-0.2, 0) is 20.9 Å². The maximum Gasteiger partial charge on any atom is 0.351 e. The minimum absolute atomic E-state index is 0.191. The number of nitrogens with one attached hydrogen (secondary N) is 1. The van der Waals surface area contributed by atoms with Gasteiger partial charge in [-0.05, 0) is 37.8 Å². The Bertz CT molecular complexity index is 735. The molecule has 2 atom stereocenters. The van der Waals surface area contributed by atoms with Crippen LogP contribution in [0.2, 0.25) is 0 Å². The van der Waals surface area contributed by atoms with Gasteiger partial charge < -0.3 is 34.3 Å². The van der Waals surface area contributed by atoms with E-state index in [0.717, 1.165) is 69.9 Å². The summed E-state index contributed by atoms with van der Waals surface area (Å²) >= 11 is 0. The molecule has 0 bridgehead atoms. The highest BCUT2D eigenvalue weighted by atomic mass is 16.5. The summed E-state index contributed by atoms with van der Waals surface area (Å²) in [4.78, 5) is 34.2. The van der Waals surface area contributed by atoms with E-state index in [1.54, 1.807) is 14.2 Å². The lowest BCUT2D eigenvalue weighted by Gasteiger charge is -2.31. The molecule has 30 heavy (non-hydrogen) atoms. The number of carboxylic acid groups (broad SMARTS) is 2. The highest BCUT2D eigenvalue weighted by Gasteiger charge is 2.33. The molecule has 0 radical (unpaired) electrons. The minimum Gasteiger partial charge on any atom is -0.539 e. The first kappa shape index (κ1) is 23.5. The summed E-state index contributed by atoms with van der Waals surface area (Å²) in [6.07, 6.45) is 4.49. The van der Waals surface area contributed by atoms with Crippen molar-refractivity contribution in [3.8, 4) is 11.5 Å². The van der Waals surface area contributed by atoms with Crippen LogP contribution in [0.4, 0.5) is 0 Å². The van der Waals surface area contributed by atoms with Crippen molar-refractivity contribution in [2.45, 2.75) is 32.2 Å². The number of carboxylic acids is 2. The molecule has 2 unspecified atom stereocenters. The van der Waals surface area contributed by atoms with Crippen molar-refractivity contribution in [3.05, 3.63) is 23.8 Å². The van der Waals surface area contributed by atoms with Crippen molar-refractivity contribution >= 4 is 17.8 Å². The maximum atomic E-state index is 12.7. The molecule has 9 nitrogen and oxygen atoms in total. The lowest BCUT2D eigenvalue weighted by Crippen LogP contribution is -3.12. The minimum atomic E-state index is -2.07. The summed E-state index contributed by atoms with van der Waals surface area (Å²) in [6, 6.07) is 6.00. The molecular formula is C21H30N2O7. The maximum absolute atomic E-state index is 12.7. The molecule has 1 amide bonds. The number of carbonyl (C=O) groups is 3. The van der Waals surface area contributed by atoms with Crippen molar-refractivity contribution in [2.75, 3.05) is 40.4 Å². The second kappa shape index (κ2) is 11.4. The number of hydrogen-bond acceptors (Lipinski definition) is 6. The average molecular weight is 422 g/mol. The average Bonchev–Trinajstić information content (AvgIpc) is 3.29. The predicted octanol–water partition coefficient (Wildman–Crippen LogP) is -1.06. The van der Waals surface area contributed by atoms with Crippen LogP contribution in [0.3, 0.4) is 0 Å². The molecule has 2 aliphatic rings. The number of piperidine rings is 1. The Morgan fingerprint density at radius 3 is 2.40 bits per heavy atom. The van der Waals surface area contributed by atoms with Crippen LogP contribution < -0.4 is 19.5 Å². The van der Waals surface area contributed by atoms with Gasteiger partial charge in [0.25, 0.3) is 0 Å². The number of methoxy groups -OCH3 is 2. The number of hydrogen-bond donors (Lipinski definition) is 2. The van der Waals surface area contributed by atoms with Gasteiger partial charge in [0.15, 0.2) is 5.97 Å². The van der Waals surface area contributed by atoms with E-state index in [9.17, 15) is 4.79 Å². The number of aliphatic carboxylic acids is 2. The fourth-order valence-electron chi connectivity index (χ4n) is 3.99. The predicted molar refractivity (Wildman–Crippen MR) is 105 cm³/mol. The number of nitrogens with zero attached hydrogens (tertiary/aromatic N) is 1. The second-order valence-corrected chi connectivity index (χ2v) is 7.52. The third kappa shape index (κ3) is 6.62. The Kier molecular flexibility index (Phi) is 8.91. The van der Waals surface area contributed by atoms with Gasteiger partial charge in [-0.2, -0.15) is 0 Å². The van der Waals surface area contributed by atoms with Gasteiger partial charge in [0.2, 0.25) is 5.91 Å². The summed E-state index contributed by atoms with van der Waals surface area (Å²) in [5.74, 6) is -1.76. The van der Waals surface area contributed by atoms with Crippen LogP contribution >= 0.6 is 0 Å². The van der Waals surface area contributed by atoms with Gasteiger partial charge in [0.1, 0.15) is 18.0 Å². The molecule has 0 aromatic heterocycles. The van der Waals surface area contributed by atoms with Crippen LogP contribution in [0, 0.1) is 5.92 Å². The Labute approximate surface area is 176 Å². The summed E-state index contributed by atoms with van der Waals surface area (Å²) in [5.41, 5.74) is 1.18. The van der Waals surface area contributed by atoms with Gasteiger partial charge >= 0.3 is 5.97 Å². The van der Waals surface area contributed by atoms with Crippen LogP contribution in [-0.4, -0.2) is 68.3 Å². The number of likely N-dealkylation sites (tertiary alicyclic amines) is 2. The molecule has 166 valence electrons. The summed E-state index contributed by atoms with van der Waals surface area (Å²) < 4.78 is 10.8. The lowest BCUT2D eigenvalue weighted by atomic mass is 9.96. The van der Waals surface area contributed by atoms with Crippen LogP contribution in [0.1, 0.15) is 31.2 Å². The Morgan fingerprint density at radius 2 is 1.83 bits per heavy atom. The monoisotopic (exact) mass is 422 g/mol. The fourth-order valence-corrected chi connectivity index (χ4v) is 3.99. The molecule has 0 saturated carbocycles. The molecule has 9 heteroatoms. The summed E-state index contributed by atoms with van der Waals surface area (Å²) in [5, 5.41) is 16.3. The first-order valence-electron chi connectivity index (χ1n) is 10.1. The molecule has 2 saturated heterocycles. The number of quaternary nitrogens is 1. The summed E-state index contributed by atoms with van der Waals surface area (Å²) in [6.45, 7) is 4.87. The quantitative estimate of drug-likeness (QED) is 0.581. The third-order valence-corrected chi connectivity index (χ3v) is 5.49. The Balaban J connectivity index is 0.000000469.